The molecule has 134 valence electrons. The van der Waals surface area contributed by atoms with Crippen molar-refractivity contribution >= 4 is 19.7 Å². The Labute approximate surface area is 136 Å². The van der Waals surface area contributed by atoms with Crippen LogP contribution < -0.4 is 11.1 Å². The number of esters is 1. The third-order valence-electron chi connectivity index (χ3n) is 2.44. The molecule has 0 bridgehead atoms. The third kappa shape index (κ3) is 10.2. The summed E-state index contributed by atoms with van der Waals surface area (Å²) in [6, 6.07) is -0.724. The molecule has 0 heterocycles. The monoisotopic (exact) mass is 352 g/mol. The highest BCUT2D eigenvalue weighted by Gasteiger charge is 2.30. The quantitative estimate of drug-likeness (QED) is 0.299. The van der Waals surface area contributed by atoms with Crippen molar-refractivity contribution in [2.24, 2.45) is 5.73 Å². The van der Waals surface area contributed by atoms with Crippen LogP contribution in [-0.2, 0) is 32.5 Å². The standard InChI is InChI=1S/C13H25N2O7P/c1-5-7-19-23(18,20-8-6-14)21-9-13(15-11(3)16)10(2)22-12(4)17/h5,10,13H,1,6-9,14H2,2-4H3,(H,15,16). The number of carbonyl (C=O) groups is 2. The largest absolute Gasteiger partial charge is 0.475 e. The zero-order chi connectivity index (χ0) is 17.9. The summed E-state index contributed by atoms with van der Waals surface area (Å²) < 4.78 is 32.6. The molecule has 0 aromatic heterocycles. The van der Waals surface area contributed by atoms with Crippen LogP contribution in [0.3, 0.4) is 0 Å². The molecule has 23 heavy (non-hydrogen) atoms. The van der Waals surface area contributed by atoms with E-state index in [2.05, 4.69) is 11.9 Å². The van der Waals surface area contributed by atoms with Crippen LogP contribution in [0.15, 0.2) is 12.7 Å². The summed E-state index contributed by atoms with van der Waals surface area (Å²) in [5.41, 5.74) is 5.30. The summed E-state index contributed by atoms with van der Waals surface area (Å²) in [7, 11) is -3.87. The van der Waals surface area contributed by atoms with Crippen LogP contribution in [0.2, 0.25) is 0 Å². The highest BCUT2D eigenvalue weighted by atomic mass is 31.2. The molecule has 0 aliphatic carbocycles. The van der Waals surface area contributed by atoms with Gasteiger partial charge in [0.1, 0.15) is 6.10 Å². The van der Waals surface area contributed by atoms with E-state index in [9.17, 15) is 14.2 Å². The van der Waals surface area contributed by atoms with Crippen molar-refractivity contribution in [3.8, 4) is 0 Å². The first kappa shape index (κ1) is 21.8. The Morgan fingerprint density at radius 1 is 1.30 bits per heavy atom. The van der Waals surface area contributed by atoms with Crippen molar-refractivity contribution in [2.75, 3.05) is 26.4 Å². The topological polar surface area (TPSA) is 126 Å². The van der Waals surface area contributed by atoms with E-state index in [-0.39, 0.29) is 32.3 Å². The number of hydrogen-bond acceptors (Lipinski definition) is 8. The molecule has 3 N–H and O–H groups in total. The number of nitrogens with one attached hydrogen (secondary N) is 1. The fourth-order valence-electron chi connectivity index (χ4n) is 1.49. The van der Waals surface area contributed by atoms with Crippen molar-refractivity contribution in [3.63, 3.8) is 0 Å². The first-order chi connectivity index (χ1) is 10.7. The third-order valence-corrected chi connectivity index (χ3v) is 3.87. The van der Waals surface area contributed by atoms with Crippen LogP contribution in [0.1, 0.15) is 20.8 Å². The van der Waals surface area contributed by atoms with Gasteiger partial charge in [0.15, 0.2) is 0 Å². The maximum Gasteiger partial charge on any atom is 0.475 e. The Morgan fingerprint density at radius 3 is 2.43 bits per heavy atom. The lowest BCUT2D eigenvalue weighted by Gasteiger charge is -2.26. The number of amides is 1. The maximum atomic E-state index is 12.4. The van der Waals surface area contributed by atoms with Crippen molar-refractivity contribution in [3.05, 3.63) is 12.7 Å². The first-order valence-corrected chi connectivity index (χ1v) is 8.49. The molecule has 0 aromatic carbocycles. The van der Waals surface area contributed by atoms with Crippen LogP contribution in [0.5, 0.6) is 0 Å². The Hall–Kier alpha value is -1.25. The van der Waals surface area contributed by atoms with E-state index in [0.29, 0.717) is 0 Å². The van der Waals surface area contributed by atoms with E-state index in [4.69, 9.17) is 24.0 Å². The fraction of sp³-hybridized carbons (Fsp3) is 0.692. The molecule has 9 nitrogen and oxygen atoms in total. The zero-order valence-electron chi connectivity index (χ0n) is 13.6. The molecule has 0 spiro atoms. The number of nitrogens with two attached hydrogens (primary N) is 1. The molecule has 3 unspecified atom stereocenters. The minimum atomic E-state index is -3.87. The molecule has 10 heteroatoms. The van der Waals surface area contributed by atoms with Gasteiger partial charge in [0, 0.05) is 20.4 Å². The number of ether oxygens (including phenoxy) is 1. The van der Waals surface area contributed by atoms with E-state index < -0.39 is 25.9 Å². The van der Waals surface area contributed by atoms with Gasteiger partial charge < -0.3 is 15.8 Å². The molecule has 0 rings (SSSR count). The molecule has 0 radical (unpaired) electrons. The second kappa shape index (κ2) is 11.3. The Bertz CT molecular complexity index is 444. The number of carbonyl (C=O) groups excluding carboxylic acids is 2. The van der Waals surface area contributed by atoms with Gasteiger partial charge in [-0.25, -0.2) is 4.57 Å². The van der Waals surface area contributed by atoms with Crippen molar-refractivity contribution in [1.82, 2.24) is 5.32 Å². The predicted octanol–water partition coefficient (Wildman–Crippen LogP) is 0.745. The molecular formula is C13H25N2O7P. The fourth-order valence-corrected chi connectivity index (χ4v) is 2.68. The summed E-state index contributed by atoms with van der Waals surface area (Å²) in [4.78, 5) is 22.3. The van der Waals surface area contributed by atoms with Crippen molar-refractivity contribution in [1.29, 1.82) is 0 Å². The van der Waals surface area contributed by atoms with Gasteiger partial charge in [-0.3, -0.25) is 23.2 Å². The second-order valence-electron chi connectivity index (χ2n) is 4.57. The van der Waals surface area contributed by atoms with Crippen LogP contribution in [0.25, 0.3) is 0 Å². The van der Waals surface area contributed by atoms with Gasteiger partial charge in [0.05, 0.1) is 25.9 Å². The Kier molecular flexibility index (Phi) is 10.7. The molecular weight excluding hydrogens is 327 g/mol. The number of phosphoric acid groups is 1. The Morgan fingerprint density at radius 2 is 1.96 bits per heavy atom. The lowest BCUT2D eigenvalue weighted by molar-refractivity contribution is -0.148. The van der Waals surface area contributed by atoms with E-state index in [1.165, 1.54) is 19.9 Å². The summed E-state index contributed by atoms with van der Waals surface area (Å²) in [6.45, 7) is 7.36. The number of rotatable bonds is 12. The van der Waals surface area contributed by atoms with Gasteiger partial charge >= 0.3 is 13.8 Å². The SMILES string of the molecule is C=CCOP(=O)(OCCN)OCC(NC(C)=O)C(C)OC(C)=O. The van der Waals surface area contributed by atoms with Crippen LogP contribution in [0.4, 0.5) is 0 Å². The van der Waals surface area contributed by atoms with Crippen molar-refractivity contribution < 1.29 is 32.5 Å². The average molecular weight is 352 g/mol. The highest BCUT2D eigenvalue weighted by Crippen LogP contribution is 2.49. The lowest BCUT2D eigenvalue weighted by atomic mass is 10.2. The van der Waals surface area contributed by atoms with Gasteiger partial charge in [-0.05, 0) is 6.92 Å². The molecule has 0 saturated carbocycles. The molecule has 0 aromatic rings. The highest BCUT2D eigenvalue weighted by molar-refractivity contribution is 7.48. The molecule has 0 aliphatic rings. The summed E-state index contributed by atoms with van der Waals surface area (Å²) >= 11 is 0. The molecule has 0 saturated heterocycles. The lowest BCUT2D eigenvalue weighted by Crippen LogP contribution is -2.46. The summed E-state index contributed by atoms with van der Waals surface area (Å²) in [5.74, 6) is -0.874. The van der Waals surface area contributed by atoms with E-state index in [0.717, 1.165) is 0 Å². The van der Waals surface area contributed by atoms with Gasteiger partial charge in [0.25, 0.3) is 0 Å². The minimum absolute atomic E-state index is 0.0290. The van der Waals surface area contributed by atoms with Crippen molar-refractivity contribution in [2.45, 2.75) is 32.9 Å². The Balaban J connectivity index is 4.85. The van der Waals surface area contributed by atoms with E-state index >= 15 is 0 Å². The van der Waals surface area contributed by atoms with Gasteiger partial charge in [-0.2, -0.15) is 0 Å². The number of hydrogen-bond donors (Lipinski definition) is 2. The normalized spacial score (nSPS) is 16.0. The van der Waals surface area contributed by atoms with Crippen LogP contribution >= 0.6 is 7.82 Å². The van der Waals surface area contributed by atoms with Crippen LogP contribution in [-0.4, -0.2) is 50.4 Å². The first-order valence-electron chi connectivity index (χ1n) is 7.03. The van der Waals surface area contributed by atoms with Gasteiger partial charge in [-0.1, -0.05) is 6.08 Å². The maximum absolute atomic E-state index is 12.4. The second-order valence-corrected chi connectivity index (χ2v) is 6.24. The van der Waals surface area contributed by atoms with E-state index in [1.54, 1.807) is 6.92 Å². The molecule has 0 aliphatic heterocycles. The smallest absolute Gasteiger partial charge is 0.461 e. The number of phosphoric ester groups is 1. The predicted molar refractivity (Wildman–Crippen MR) is 83.5 cm³/mol. The minimum Gasteiger partial charge on any atom is -0.461 e. The summed E-state index contributed by atoms with van der Waals surface area (Å²) in [6.07, 6.45) is 0.688. The molecule has 1 amide bonds. The van der Waals surface area contributed by atoms with Gasteiger partial charge in [-0.15, -0.1) is 6.58 Å². The van der Waals surface area contributed by atoms with Crippen LogP contribution in [0, 0.1) is 0 Å². The molecule has 0 fully saturated rings. The van der Waals surface area contributed by atoms with E-state index in [1.807, 2.05) is 0 Å². The average Bonchev–Trinajstić information content (AvgIpc) is 2.46. The molecule has 3 atom stereocenters. The summed E-state index contributed by atoms with van der Waals surface area (Å²) in [5, 5.41) is 2.55. The van der Waals surface area contributed by atoms with Gasteiger partial charge in [0.2, 0.25) is 5.91 Å². The zero-order valence-corrected chi connectivity index (χ0v) is 14.5.